The first-order valence-corrected chi connectivity index (χ1v) is 12.2. The molecule has 0 fully saturated rings. The molecule has 1 atom stereocenters. The average molecular weight is 515 g/mol. The van der Waals surface area contributed by atoms with Crippen LogP contribution in [0.15, 0.2) is 59.7 Å². The Bertz CT molecular complexity index is 1710. The summed E-state index contributed by atoms with van der Waals surface area (Å²) in [6.07, 6.45) is 3.43. The summed E-state index contributed by atoms with van der Waals surface area (Å²) < 4.78 is 14.4. The summed E-state index contributed by atoms with van der Waals surface area (Å²) in [6, 6.07) is 12.4. The maximum atomic E-state index is 13.3. The van der Waals surface area contributed by atoms with E-state index in [9.17, 15) is 19.5 Å². The summed E-state index contributed by atoms with van der Waals surface area (Å²) >= 11 is 0. The first-order valence-electron chi connectivity index (χ1n) is 12.2. The largest absolute Gasteiger partial charge is 0.487 e. The van der Waals surface area contributed by atoms with Crippen LogP contribution in [0.2, 0.25) is 0 Å². The van der Waals surface area contributed by atoms with Gasteiger partial charge < -0.3 is 24.3 Å². The van der Waals surface area contributed by atoms with Crippen LogP contribution >= 0.6 is 0 Å². The molecule has 0 bridgehead atoms. The van der Waals surface area contributed by atoms with Crippen LogP contribution in [0.5, 0.6) is 5.75 Å². The van der Waals surface area contributed by atoms with Gasteiger partial charge in [0, 0.05) is 22.6 Å². The Morgan fingerprint density at radius 1 is 1.24 bits per heavy atom. The molecule has 2 N–H and O–H groups in total. The molecule has 10 heteroatoms. The van der Waals surface area contributed by atoms with Crippen LogP contribution in [0.1, 0.15) is 40.4 Å². The molecule has 2 aliphatic heterocycles. The molecule has 0 radical (unpaired) electrons. The van der Waals surface area contributed by atoms with Crippen LogP contribution in [0, 0.1) is 0 Å². The maximum absolute atomic E-state index is 13.3. The standard InChI is InChI=1S/C28H23N3O7/c1-2-28(36)21-12-23-24-18(14-31(23)25(32)20(21)15-38-27(28)35)10-17-11-19(5-6-22(17)29-24)37-9-8-30-7-3-4-16(13-30)26(33)34/h3-7,10-13,36H,2,8-9,14-15H2,1H3/p+1/t28-/m0/s1. The van der Waals surface area contributed by atoms with Crippen molar-refractivity contribution in [1.29, 1.82) is 0 Å². The Morgan fingerprint density at radius 3 is 2.87 bits per heavy atom. The van der Waals surface area contributed by atoms with Gasteiger partial charge in [-0.15, -0.1) is 0 Å². The van der Waals surface area contributed by atoms with E-state index in [4.69, 9.17) is 19.6 Å². The van der Waals surface area contributed by atoms with Crippen molar-refractivity contribution >= 4 is 22.8 Å². The molecule has 0 spiro atoms. The van der Waals surface area contributed by atoms with Crippen molar-refractivity contribution in [2.75, 3.05) is 6.61 Å². The number of carbonyl (C=O) groups excluding carboxylic acids is 1. The predicted molar refractivity (Wildman–Crippen MR) is 134 cm³/mol. The Labute approximate surface area is 216 Å². The highest BCUT2D eigenvalue weighted by atomic mass is 16.6. The van der Waals surface area contributed by atoms with Crippen molar-refractivity contribution in [1.82, 2.24) is 9.55 Å². The predicted octanol–water partition coefficient (Wildman–Crippen LogP) is 2.14. The number of pyridine rings is 3. The summed E-state index contributed by atoms with van der Waals surface area (Å²) in [5.41, 5.74) is 1.39. The van der Waals surface area contributed by atoms with Gasteiger partial charge in [0.05, 0.1) is 29.0 Å². The van der Waals surface area contributed by atoms with E-state index in [1.165, 1.54) is 6.07 Å². The second-order valence-corrected chi connectivity index (χ2v) is 9.44. The van der Waals surface area contributed by atoms with Crippen LogP contribution in [0.4, 0.5) is 0 Å². The number of cyclic esters (lactones) is 1. The zero-order chi connectivity index (χ0) is 26.6. The van der Waals surface area contributed by atoms with Gasteiger partial charge >= 0.3 is 11.9 Å². The minimum absolute atomic E-state index is 0.0893. The van der Waals surface area contributed by atoms with E-state index in [0.717, 1.165) is 10.9 Å². The summed E-state index contributed by atoms with van der Waals surface area (Å²) in [5.74, 6) is -1.09. The molecule has 3 aromatic heterocycles. The fraction of sp³-hybridized carbons (Fsp3) is 0.250. The zero-order valence-electron chi connectivity index (χ0n) is 20.5. The van der Waals surface area contributed by atoms with Crippen LogP contribution in [-0.4, -0.2) is 38.3 Å². The lowest BCUT2D eigenvalue weighted by atomic mass is 9.86. The molecule has 6 rings (SSSR count). The number of carbonyl (C=O) groups is 2. The molecule has 192 valence electrons. The first-order chi connectivity index (χ1) is 18.3. The Morgan fingerprint density at radius 2 is 2.08 bits per heavy atom. The lowest BCUT2D eigenvalue weighted by Crippen LogP contribution is -2.44. The Kier molecular flexibility index (Phi) is 5.50. The number of esters is 1. The van der Waals surface area contributed by atoms with Crippen molar-refractivity contribution in [2.24, 2.45) is 0 Å². The van der Waals surface area contributed by atoms with Gasteiger partial charge in [0.2, 0.25) is 0 Å². The topological polar surface area (TPSA) is 132 Å². The monoisotopic (exact) mass is 514 g/mol. The number of benzene rings is 1. The molecule has 0 saturated carbocycles. The van der Waals surface area contributed by atoms with Crippen molar-refractivity contribution < 1.29 is 33.8 Å². The second kappa shape index (κ2) is 8.77. The molecule has 0 saturated heterocycles. The number of carboxylic acid groups (broad SMARTS) is 1. The minimum atomic E-state index is -1.86. The third-order valence-corrected chi connectivity index (χ3v) is 7.20. The van der Waals surface area contributed by atoms with Gasteiger partial charge in [-0.3, -0.25) is 4.79 Å². The summed E-state index contributed by atoms with van der Waals surface area (Å²) in [4.78, 5) is 41.6. The number of fused-ring (bicyclic) bond motifs is 5. The molecule has 38 heavy (non-hydrogen) atoms. The lowest BCUT2D eigenvalue weighted by molar-refractivity contribution is -0.697. The highest BCUT2D eigenvalue weighted by Gasteiger charge is 2.45. The van der Waals surface area contributed by atoms with E-state index in [1.54, 1.807) is 46.7 Å². The number of hydrogen-bond acceptors (Lipinski definition) is 7. The highest BCUT2D eigenvalue weighted by Crippen LogP contribution is 2.38. The van der Waals surface area contributed by atoms with Gasteiger partial charge in [-0.1, -0.05) is 6.92 Å². The van der Waals surface area contributed by atoms with Gasteiger partial charge in [-0.05, 0) is 42.8 Å². The molecule has 0 amide bonds. The van der Waals surface area contributed by atoms with E-state index >= 15 is 0 Å². The van der Waals surface area contributed by atoms with Crippen molar-refractivity contribution in [3.05, 3.63) is 87.5 Å². The molecule has 5 heterocycles. The molecule has 0 aliphatic carbocycles. The fourth-order valence-corrected chi connectivity index (χ4v) is 5.11. The third-order valence-electron chi connectivity index (χ3n) is 7.20. The Balaban J connectivity index is 1.29. The van der Waals surface area contributed by atoms with E-state index in [1.807, 2.05) is 18.2 Å². The summed E-state index contributed by atoms with van der Waals surface area (Å²) in [7, 11) is 0. The molecular formula is C28H24N3O7+. The fourth-order valence-electron chi connectivity index (χ4n) is 5.11. The normalized spacial score (nSPS) is 17.5. The molecule has 2 aliphatic rings. The van der Waals surface area contributed by atoms with E-state index in [0.29, 0.717) is 42.4 Å². The molecular weight excluding hydrogens is 490 g/mol. The third kappa shape index (κ3) is 3.72. The molecule has 10 nitrogen and oxygen atoms in total. The van der Waals surface area contributed by atoms with Crippen LogP contribution in [-0.2, 0) is 34.8 Å². The van der Waals surface area contributed by atoms with E-state index < -0.39 is 17.5 Å². The molecule has 4 aromatic rings. The van der Waals surface area contributed by atoms with Crippen molar-refractivity contribution in [3.63, 3.8) is 0 Å². The zero-order valence-corrected chi connectivity index (χ0v) is 20.5. The Hall–Kier alpha value is -4.57. The van der Waals surface area contributed by atoms with Gasteiger partial charge in [-0.2, -0.15) is 0 Å². The quantitative estimate of drug-likeness (QED) is 0.260. The maximum Gasteiger partial charge on any atom is 0.343 e. The average Bonchev–Trinajstić information content (AvgIpc) is 3.27. The second-order valence-electron chi connectivity index (χ2n) is 9.44. The summed E-state index contributed by atoms with van der Waals surface area (Å²) in [5, 5.41) is 21.0. The van der Waals surface area contributed by atoms with Gasteiger partial charge in [0.15, 0.2) is 24.5 Å². The summed E-state index contributed by atoms with van der Waals surface area (Å²) in [6.45, 7) is 2.64. The van der Waals surface area contributed by atoms with Crippen molar-refractivity contribution in [2.45, 2.75) is 38.6 Å². The number of rotatable bonds is 6. The highest BCUT2D eigenvalue weighted by molar-refractivity contribution is 5.87. The number of aromatic carboxylic acids is 1. The minimum Gasteiger partial charge on any atom is -0.487 e. The number of aromatic nitrogens is 3. The number of nitrogens with zero attached hydrogens (tertiary/aromatic N) is 3. The van der Waals surface area contributed by atoms with Crippen molar-refractivity contribution in [3.8, 4) is 17.1 Å². The molecule has 1 aromatic carbocycles. The van der Waals surface area contributed by atoms with Gasteiger partial charge in [0.25, 0.3) is 5.56 Å². The number of aliphatic hydroxyl groups is 1. The number of ether oxygens (including phenoxy) is 2. The first kappa shape index (κ1) is 23.8. The van der Waals surface area contributed by atoms with Gasteiger partial charge in [0.1, 0.15) is 24.5 Å². The van der Waals surface area contributed by atoms with Crippen LogP contribution in [0.3, 0.4) is 0 Å². The number of hydrogen-bond donors (Lipinski definition) is 2. The smallest absolute Gasteiger partial charge is 0.343 e. The van der Waals surface area contributed by atoms with Crippen LogP contribution < -0.4 is 14.9 Å². The van der Waals surface area contributed by atoms with E-state index in [-0.39, 0.29) is 35.3 Å². The van der Waals surface area contributed by atoms with E-state index in [2.05, 4.69) is 0 Å². The lowest BCUT2D eigenvalue weighted by Gasteiger charge is -2.31. The SMILES string of the molecule is CC[C@@]1(O)C(=O)OCc2c1cc1n(c2=O)Cc2cc3cc(OCC[n+]4cccc(C(=O)O)c4)ccc3nc2-1. The number of carboxylic acids is 1. The van der Waals surface area contributed by atoms with Gasteiger partial charge in [-0.25, -0.2) is 19.1 Å². The molecule has 0 unspecified atom stereocenters. The van der Waals surface area contributed by atoms with Crippen LogP contribution in [0.25, 0.3) is 22.3 Å².